The second-order valence-electron chi connectivity index (χ2n) is 3.72. The molecule has 4 heteroatoms. The first-order valence-corrected chi connectivity index (χ1v) is 5.44. The molecule has 1 aliphatic carbocycles. The number of allylic oxidation sites excluding steroid dienone is 4. The van der Waals surface area contributed by atoms with Crippen molar-refractivity contribution in [3.8, 4) is 0 Å². The lowest BCUT2D eigenvalue weighted by atomic mass is 10.1. The summed E-state index contributed by atoms with van der Waals surface area (Å²) < 4.78 is 4.94. The summed E-state index contributed by atoms with van der Waals surface area (Å²) in [6.07, 6.45) is 6.12. The number of anilines is 1. The molecule has 0 saturated carbocycles. The van der Waals surface area contributed by atoms with E-state index in [1.165, 1.54) is 19.4 Å². The highest BCUT2D eigenvalue weighted by atomic mass is 16.5. The fraction of sp³-hybridized carbons (Fsp3) is 0.0714. The number of ketones is 1. The number of hydrogen-bond acceptors (Lipinski definition) is 4. The van der Waals surface area contributed by atoms with Crippen LogP contribution in [-0.2, 0) is 9.53 Å². The Balaban J connectivity index is 2.22. The summed E-state index contributed by atoms with van der Waals surface area (Å²) in [5.74, 6) is 0.0732. The Kier molecular flexibility index (Phi) is 3.60. The third kappa shape index (κ3) is 2.67. The van der Waals surface area contributed by atoms with Crippen LogP contribution in [0.25, 0.3) is 0 Å². The van der Waals surface area contributed by atoms with Gasteiger partial charge in [0.1, 0.15) is 0 Å². The van der Waals surface area contributed by atoms with Crippen molar-refractivity contribution in [2.45, 2.75) is 0 Å². The highest BCUT2D eigenvalue weighted by molar-refractivity contribution is 6.04. The quantitative estimate of drug-likeness (QED) is 0.828. The van der Waals surface area contributed by atoms with E-state index in [0.717, 1.165) is 5.06 Å². The molecule has 0 spiro atoms. The first-order chi connectivity index (χ1) is 8.70. The minimum atomic E-state index is -0.182. The van der Waals surface area contributed by atoms with Crippen LogP contribution in [0.4, 0.5) is 5.69 Å². The minimum absolute atomic E-state index is 0.182. The molecular weight excluding hydrogens is 230 g/mol. The van der Waals surface area contributed by atoms with Crippen molar-refractivity contribution in [3.05, 3.63) is 66.1 Å². The summed E-state index contributed by atoms with van der Waals surface area (Å²) in [5.41, 5.74) is 1.32. The Bertz CT molecular complexity index is 529. The predicted octanol–water partition coefficient (Wildman–Crippen LogP) is 2.44. The summed E-state index contributed by atoms with van der Waals surface area (Å²) in [4.78, 5) is 11.3. The predicted molar refractivity (Wildman–Crippen MR) is 68.0 cm³/mol. The molecular formula is C14H13NO3. The van der Waals surface area contributed by atoms with E-state index < -0.39 is 0 Å². The number of hydroxylamine groups is 1. The molecule has 0 aliphatic heterocycles. The van der Waals surface area contributed by atoms with Gasteiger partial charge < -0.3 is 4.74 Å². The van der Waals surface area contributed by atoms with Crippen LogP contribution >= 0.6 is 0 Å². The number of methoxy groups -OCH3 is 1. The lowest BCUT2D eigenvalue weighted by Crippen LogP contribution is -2.11. The van der Waals surface area contributed by atoms with E-state index in [1.54, 1.807) is 24.3 Å². The van der Waals surface area contributed by atoms with E-state index in [2.05, 4.69) is 0 Å². The average molecular weight is 243 g/mol. The number of ether oxygens (including phenoxy) is 1. The Morgan fingerprint density at radius 3 is 2.61 bits per heavy atom. The SMILES string of the molecule is COC1=CC(=CN(O)c2ccccc2)C=CC1=O. The van der Waals surface area contributed by atoms with E-state index in [1.807, 2.05) is 18.2 Å². The van der Waals surface area contributed by atoms with E-state index in [9.17, 15) is 10.0 Å². The van der Waals surface area contributed by atoms with Crippen molar-refractivity contribution in [1.29, 1.82) is 0 Å². The molecule has 0 bridgehead atoms. The maximum absolute atomic E-state index is 11.3. The highest BCUT2D eigenvalue weighted by Gasteiger charge is 2.12. The Morgan fingerprint density at radius 1 is 1.22 bits per heavy atom. The second-order valence-corrected chi connectivity index (χ2v) is 3.72. The van der Waals surface area contributed by atoms with Gasteiger partial charge in [0.2, 0.25) is 5.78 Å². The summed E-state index contributed by atoms with van der Waals surface area (Å²) in [5, 5.41) is 10.9. The van der Waals surface area contributed by atoms with Crippen molar-refractivity contribution in [2.24, 2.45) is 0 Å². The van der Waals surface area contributed by atoms with E-state index in [4.69, 9.17) is 4.74 Å². The molecule has 0 unspecified atom stereocenters. The van der Waals surface area contributed by atoms with E-state index in [0.29, 0.717) is 11.3 Å². The average Bonchev–Trinajstić information content (AvgIpc) is 2.42. The van der Waals surface area contributed by atoms with Crippen molar-refractivity contribution >= 4 is 11.5 Å². The molecule has 0 fully saturated rings. The maximum atomic E-state index is 11.3. The molecule has 0 heterocycles. The van der Waals surface area contributed by atoms with Crippen LogP contribution in [-0.4, -0.2) is 18.1 Å². The number of carbonyl (C=O) groups excluding carboxylic acids is 1. The topological polar surface area (TPSA) is 49.8 Å². The standard InChI is InChI=1S/C14H13NO3/c1-18-14-9-11(7-8-13(14)16)10-15(17)12-5-3-2-4-6-12/h2-10,17H,1H3. The molecule has 0 amide bonds. The number of hydrogen-bond donors (Lipinski definition) is 1. The van der Waals surface area contributed by atoms with Crippen LogP contribution in [0.5, 0.6) is 0 Å². The van der Waals surface area contributed by atoms with Crippen molar-refractivity contribution < 1.29 is 14.7 Å². The van der Waals surface area contributed by atoms with Crippen LogP contribution in [0.3, 0.4) is 0 Å². The van der Waals surface area contributed by atoms with E-state index >= 15 is 0 Å². The van der Waals surface area contributed by atoms with Gasteiger partial charge in [0.15, 0.2) is 5.76 Å². The van der Waals surface area contributed by atoms with Crippen LogP contribution in [0.15, 0.2) is 66.1 Å². The second kappa shape index (κ2) is 5.33. The van der Waals surface area contributed by atoms with Crippen LogP contribution in [0.2, 0.25) is 0 Å². The number of carbonyl (C=O) groups is 1. The smallest absolute Gasteiger partial charge is 0.220 e. The number of rotatable bonds is 3. The van der Waals surface area contributed by atoms with E-state index in [-0.39, 0.29) is 11.5 Å². The molecule has 1 aromatic carbocycles. The Labute approximate surface area is 105 Å². The molecule has 1 aromatic rings. The molecule has 18 heavy (non-hydrogen) atoms. The van der Waals surface area contributed by atoms with Gasteiger partial charge in [-0.3, -0.25) is 10.0 Å². The van der Waals surface area contributed by atoms with Crippen molar-refractivity contribution in [3.63, 3.8) is 0 Å². The van der Waals surface area contributed by atoms with Gasteiger partial charge in [0.25, 0.3) is 0 Å². The highest BCUT2D eigenvalue weighted by Crippen LogP contribution is 2.17. The first-order valence-electron chi connectivity index (χ1n) is 5.44. The summed E-state index contributed by atoms with van der Waals surface area (Å²) >= 11 is 0. The van der Waals surface area contributed by atoms with Gasteiger partial charge in [0.05, 0.1) is 12.8 Å². The number of benzene rings is 1. The fourth-order valence-corrected chi connectivity index (χ4v) is 1.56. The summed E-state index contributed by atoms with van der Waals surface area (Å²) in [7, 11) is 1.44. The molecule has 1 N–H and O–H groups in total. The van der Waals surface area contributed by atoms with Gasteiger partial charge in [0, 0.05) is 6.20 Å². The summed E-state index contributed by atoms with van der Waals surface area (Å²) in [6, 6.07) is 9.07. The van der Waals surface area contributed by atoms with Crippen molar-refractivity contribution in [1.82, 2.24) is 0 Å². The van der Waals surface area contributed by atoms with Crippen LogP contribution in [0, 0.1) is 0 Å². The Morgan fingerprint density at radius 2 is 1.94 bits per heavy atom. The zero-order chi connectivity index (χ0) is 13.0. The molecule has 1 aliphatic rings. The monoisotopic (exact) mass is 243 g/mol. The molecule has 2 rings (SSSR count). The minimum Gasteiger partial charge on any atom is -0.493 e. The third-order valence-corrected chi connectivity index (χ3v) is 2.48. The number of nitrogens with zero attached hydrogens (tertiary/aromatic N) is 1. The lowest BCUT2D eigenvalue weighted by Gasteiger charge is -2.14. The molecule has 0 aromatic heterocycles. The molecule has 0 saturated heterocycles. The third-order valence-electron chi connectivity index (χ3n) is 2.48. The number of para-hydroxylation sites is 1. The van der Waals surface area contributed by atoms with Gasteiger partial charge >= 0.3 is 0 Å². The first kappa shape index (κ1) is 12.1. The van der Waals surface area contributed by atoms with Crippen molar-refractivity contribution in [2.75, 3.05) is 12.2 Å². The normalized spacial score (nSPS) is 16.7. The van der Waals surface area contributed by atoms with Gasteiger partial charge in [-0.25, -0.2) is 5.06 Å². The molecule has 0 atom stereocenters. The maximum Gasteiger partial charge on any atom is 0.220 e. The van der Waals surface area contributed by atoms with Gasteiger partial charge in [-0.2, -0.15) is 0 Å². The van der Waals surface area contributed by atoms with Gasteiger partial charge in [-0.15, -0.1) is 0 Å². The van der Waals surface area contributed by atoms with Crippen LogP contribution < -0.4 is 5.06 Å². The largest absolute Gasteiger partial charge is 0.493 e. The fourth-order valence-electron chi connectivity index (χ4n) is 1.56. The lowest BCUT2D eigenvalue weighted by molar-refractivity contribution is -0.114. The van der Waals surface area contributed by atoms with Crippen LogP contribution in [0.1, 0.15) is 0 Å². The Hall–Kier alpha value is -2.33. The molecule has 0 radical (unpaired) electrons. The van der Waals surface area contributed by atoms with Gasteiger partial charge in [-0.1, -0.05) is 18.2 Å². The molecule has 92 valence electrons. The molecule has 4 nitrogen and oxygen atoms in total. The zero-order valence-corrected chi connectivity index (χ0v) is 9.91. The summed E-state index contributed by atoms with van der Waals surface area (Å²) in [6.45, 7) is 0. The zero-order valence-electron chi connectivity index (χ0n) is 9.91. The van der Waals surface area contributed by atoms with Gasteiger partial charge in [-0.05, 0) is 35.9 Å².